The van der Waals surface area contributed by atoms with Gasteiger partial charge in [-0.1, -0.05) is 43.2 Å². The summed E-state index contributed by atoms with van der Waals surface area (Å²) < 4.78 is 4.91. The molecule has 0 saturated heterocycles. The van der Waals surface area contributed by atoms with Gasteiger partial charge in [-0.05, 0) is 24.3 Å². The highest BCUT2D eigenvalue weighted by molar-refractivity contribution is 5.76. The van der Waals surface area contributed by atoms with Crippen molar-refractivity contribution in [3.05, 3.63) is 35.9 Å². The summed E-state index contributed by atoms with van der Waals surface area (Å²) in [4.78, 5) is 11.8. The number of carbonyl (C=O) groups excluding carboxylic acids is 1. The first-order valence-corrected chi connectivity index (χ1v) is 6.66. The minimum Gasteiger partial charge on any atom is -0.468 e. The van der Waals surface area contributed by atoms with E-state index < -0.39 is 0 Å². The molecule has 1 atom stereocenters. The highest BCUT2D eigenvalue weighted by Crippen LogP contribution is 2.28. The van der Waals surface area contributed by atoms with Gasteiger partial charge in [0.1, 0.15) is 6.04 Å². The summed E-state index contributed by atoms with van der Waals surface area (Å²) in [6, 6.07) is 10.0. The minimum atomic E-state index is -0.155. The molecule has 0 radical (unpaired) electrons. The van der Waals surface area contributed by atoms with E-state index in [1.807, 2.05) is 18.2 Å². The van der Waals surface area contributed by atoms with Gasteiger partial charge in [-0.25, -0.2) is 0 Å². The molecule has 0 bridgehead atoms. The van der Waals surface area contributed by atoms with Gasteiger partial charge in [0.2, 0.25) is 0 Å². The molecule has 0 spiro atoms. The second-order valence-electron chi connectivity index (χ2n) is 4.91. The number of esters is 1. The normalized spacial score (nSPS) is 17.6. The van der Waals surface area contributed by atoms with Crippen molar-refractivity contribution < 1.29 is 9.53 Å². The average molecular weight is 247 g/mol. The molecule has 1 fully saturated rings. The van der Waals surface area contributed by atoms with Crippen LogP contribution in [-0.4, -0.2) is 19.1 Å². The molecule has 1 aliphatic rings. The number of rotatable bonds is 5. The summed E-state index contributed by atoms with van der Waals surface area (Å²) in [7, 11) is 1.47. The summed E-state index contributed by atoms with van der Waals surface area (Å²) in [5.41, 5.74) is 1.20. The molecule has 0 amide bonds. The second kappa shape index (κ2) is 6.55. The maximum absolute atomic E-state index is 11.8. The maximum Gasteiger partial charge on any atom is 0.323 e. The lowest BCUT2D eigenvalue weighted by Gasteiger charge is -2.22. The lowest BCUT2D eigenvalue weighted by molar-refractivity contribution is -0.144. The number of nitrogens with one attached hydrogen (secondary N) is 1. The molecule has 0 aromatic heterocycles. The number of benzene rings is 1. The van der Waals surface area contributed by atoms with Crippen LogP contribution < -0.4 is 5.32 Å². The Morgan fingerprint density at radius 2 is 2.00 bits per heavy atom. The Balaban J connectivity index is 1.94. The molecule has 3 heteroatoms. The first-order valence-electron chi connectivity index (χ1n) is 6.66. The quantitative estimate of drug-likeness (QED) is 0.812. The van der Waals surface area contributed by atoms with E-state index in [4.69, 9.17) is 4.74 Å². The summed E-state index contributed by atoms with van der Waals surface area (Å²) in [5.74, 6) is 0.305. The number of ether oxygens (including phenoxy) is 1. The summed E-state index contributed by atoms with van der Waals surface area (Å²) in [5, 5.41) is 3.35. The Kier molecular flexibility index (Phi) is 4.76. The van der Waals surface area contributed by atoms with Crippen molar-refractivity contribution in [2.24, 2.45) is 5.92 Å². The number of methoxy groups -OCH3 is 1. The van der Waals surface area contributed by atoms with Crippen LogP contribution in [0.5, 0.6) is 0 Å². The van der Waals surface area contributed by atoms with Gasteiger partial charge in [-0.3, -0.25) is 4.79 Å². The fourth-order valence-electron chi connectivity index (χ4n) is 2.68. The lowest BCUT2D eigenvalue weighted by Crippen LogP contribution is -2.42. The van der Waals surface area contributed by atoms with Gasteiger partial charge in [-0.15, -0.1) is 0 Å². The monoisotopic (exact) mass is 247 g/mol. The summed E-state index contributed by atoms with van der Waals surface area (Å²) in [6.45, 7) is 0.719. The van der Waals surface area contributed by atoms with E-state index >= 15 is 0 Å². The zero-order valence-corrected chi connectivity index (χ0v) is 10.9. The molecule has 2 rings (SSSR count). The first-order chi connectivity index (χ1) is 8.81. The number of hydrogen-bond donors (Lipinski definition) is 1. The van der Waals surface area contributed by atoms with E-state index in [0.717, 1.165) is 19.4 Å². The molecule has 1 saturated carbocycles. The lowest BCUT2D eigenvalue weighted by atomic mass is 9.98. The van der Waals surface area contributed by atoms with Crippen LogP contribution >= 0.6 is 0 Å². The third-order valence-corrected chi connectivity index (χ3v) is 3.70. The Morgan fingerprint density at radius 1 is 1.33 bits per heavy atom. The second-order valence-corrected chi connectivity index (χ2v) is 4.91. The topological polar surface area (TPSA) is 38.3 Å². The molecule has 1 N–H and O–H groups in total. The molecule has 1 aromatic carbocycles. The van der Waals surface area contributed by atoms with Crippen LogP contribution in [0.15, 0.2) is 30.3 Å². The van der Waals surface area contributed by atoms with Crippen molar-refractivity contribution in [3.8, 4) is 0 Å². The van der Waals surface area contributed by atoms with E-state index in [9.17, 15) is 4.79 Å². The molecule has 0 heterocycles. The SMILES string of the molecule is COC(=O)C(NCc1ccccc1)C1CCCC1. The molecule has 1 aliphatic carbocycles. The van der Waals surface area contributed by atoms with Gasteiger partial charge < -0.3 is 10.1 Å². The third-order valence-electron chi connectivity index (χ3n) is 3.70. The molecule has 18 heavy (non-hydrogen) atoms. The Morgan fingerprint density at radius 3 is 2.61 bits per heavy atom. The van der Waals surface area contributed by atoms with Gasteiger partial charge in [0.25, 0.3) is 0 Å². The van der Waals surface area contributed by atoms with Crippen LogP contribution in [0.3, 0.4) is 0 Å². The Labute approximate surface area is 109 Å². The van der Waals surface area contributed by atoms with Gasteiger partial charge >= 0.3 is 5.97 Å². The van der Waals surface area contributed by atoms with Crippen molar-refractivity contribution in [1.29, 1.82) is 0 Å². The minimum absolute atomic E-state index is 0.127. The molecule has 0 aliphatic heterocycles. The standard InChI is InChI=1S/C15H21NO2/c1-18-15(17)14(13-9-5-6-10-13)16-11-12-7-3-2-4-8-12/h2-4,7-8,13-14,16H,5-6,9-11H2,1H3. The van der Waals surface area contributed by atoms with Crippen molar-refractivity contribution in [2.75, 3.05) is 7.11 Å². The summed E-state index contributed by atoms with van der Waals surface area (Å²) >= 11 is 0. The van der Waals surface area contributed by atoms with Crippen LogP contribution in [0.4, 0.5) is 0 Å². The van der Waals surface area contributed by atoms with E-state index in [1.54, 1.807) is 0 Å². The average Bonchev–Trinajstić information content (AvgIpc) is 2.94. The molecule has 3 nitrogen and oxygen atoms in total. The predicted octanol–water partition coefficient (Wildman–Crippen LogP) is 2.51. The Bertz CT molecular complexity index is 371. The zero-order valence-electron chi connectivity index (χ0n) is 10.9. The molecule has 1 aromatic rings. The van der Waals surface area contributed by atoms with Crippen LogP contribution in [0.1, 0.15) is 31.2 Å². The zero-order chi connectivity index (χ0) is 12.8. The van der Waals surface area contributed by atoms with E-state index in [-0.39, 0.29) is 12.0 Å². The van der Waals surface area contributed by atoms with E-state index in [1.165, 1.54) is 25.5 Å². The maximum atomic E-state index is 11.8. The highest BCUT2D eigenvalue weighted by Gasteiger charge is 2.30. The first kappa shape index (κ1) is 13.1. The van der Waals surface area contributed by atoms with Gasteiger partial charge in [-0.2, -0.15) is 0 Å². The fourth-order valence-corrected chi connectivity index (χ4v) is 2.68. The van der Waals surface area contributed by atoms with Gasteiger partial charge in [0, 0.05) is 6.54 Å². The van der Waals surface area contributed by atoms with Gasteiger partial charge in [0.15, 0.2) is 0 Å². The van der Waals surface area contributed by atoms with Crippen LogP contribution in [0.2, 0.25) is 0 Å². The highest BCUT2D eigenvalue weighted by atomic mass is 16.5. The molecular formula is C15H21NO2. The molecule has 98 valence electrons. The van der Waals surface area contributed by atoms with Crippen LogP contribution in [-0.2, 0) is 16.1 Å². The smallest absolute Gasteiger partial charge is 0.323 e. The number of carbonyl (C=O) groups is 1. The predicted molar refractivity (Wildman–Crippen MR) is 71.0 cm³/mol. The van der Waals surface area contributed by atoms with Crippen LogP contribution in [0.25, 0.3) is 0 Å². The van der Waals surface area contributed by atoms with Gasteiger partial charge in [0.05, 0.1) is 7.11 Å². The molecular weight excluding hydrogens is 226 g/mol. The van der Waals surface area contributed by atoms with E-state index in [0.29, 0.717) is 5.92 Å². The fraction of sp³-hybridized carbons (Fsp3) is 0.533. The van der Waals surface area contributed by atoms with Crippen LogP contribution in [0, 0.1) is 5.92 Å². The molecule has 1 unspecified atom stereocenters. The largest absolute Gasteiger partial charge is 0.468 e. The van der Waals surface area contributed by atoms with Crippen molar-refractivity contribution in [2.45, 2.75) is 38.3 Å². The van der Waals surface area contributed by atoms with E-state index in [2.05, 4.69) is 17.4 Å². The van der Waals surface area contributed by atoms with Crippen molar-refractivity contribution in [1.82, 2.24) is 5.32 Å². The number of hydrogen-bond acceptors (Lipinski definition) is 3. The Hall–Kier alpha value is -1.35. The van der Waals surface area contributed by atoms with Crippen molar-refractivity contribution >= 4 is 5.97 Å². The third kappa shape index (κ3) is 3.33. The summed E-state index contributed by atoms with van der Waals surface area (Å²) in [6.07, 6.45) is 4.71. The van der Waals surface area contributed by atoms with Crippen molar-refractivity contribution in [3.63, 3.8) is 0 Å².